The molecule has 1 saturated carbocycles. The zero-order valence-corrected chi connectivity index (χ0v) is 12.2. The van der Waals surface area contributed by atoms with Crippen molar-refractivity contribution < 1.29 is 4.79 Å². The monoisotopic (exact) mass is 310 g/mol. The van der Waals surface area contributed by atoms with Crippen molar-refractivity contribution >= 4 is 27.5 Å². The molecule has 2 rings (SSSR count). The van der Waals surface area contributed by atoms with E-state index in [1.807, 2.05) is 25.1 Å². The molecule has 1 amide bonds. The molecule has 0 atom stereocenters. The molecule has 1 aromatic carbocycles. The van der Waals surface area contributed by atoms with Crippen LogP contribution in [-0.4, -0.2) is 11.9 Å². The molecule has 18 heavy (non-hydrogen) atoms. The summed E-state index contributed by atoms with van der Waals surface area (Å²) < 4.78 is 0.964. The predicted octanol–water partition coefficient (Wildman–Crippen LogP) is 3.21. The molecule has 1 aliphatic rings. The van der Waals surface area contributed by atoms with E-state index in [0.717, 1.165) is 41.4 Å². The average Bonchev–Trinajstić information content (AvgIpc) is 2.36. The molecule has 1 fully saturated rings. The Balaban J connectivity index is 2.01. The van der Waals surface area contributed by atoms with Gasteiger partial charge >= 0.3 is 0 Å². The third-order valence-corrected chi connectivity index (χ3v) is 4.64. The Morgan fingerprint density at radius 1 is 1.33 bits per heavy atom. The number of nitrogens with one attached hydrogen (secondary N) is 1. The van der Waals surface area contributed by atoms with Gasteiger partial charge in [0, 0.05) is 16.4 Å². The molecule has 98 valence electrons. The maximum absolute atomic E-state index is 12.2. The van der Waals surface area contributed by atoms with E-state index in [4.69, 9.17) is 5.73 Å². The van der Waals surface area contributed by atoms with Crippen LogP contribution in [0.1, 0.15) is 31.2 Å². The van der Waals surface area contributed by atoms with Gasteiger partial charge in [0.05, 0.1) is 5.69 Å². The molecule has 3 N–H and O–H groups in total. The highest BCUT2D eigenvalue weighted by Gasteiger charge is 2.24. The fourth-order valence-corrected chi connectivity index (χ4v) is 2.72. The summed E-state index contributed by atoms with van der Waals surface area (Å²) >= 11 is 3.51. The number of nitrogens with two attached hydrogens (primary N) is 1. The molecule has 0 heterocycles. The van der Waals surface area contributed by atoms with Gasteiger partial charge in [-0.1, -0.05) is 12.1 Å². The van der Waals surface area contributed by atoms with E-state index in [0.29, 0.717) is 0 Å². The van der Waals surface area contributed by atoms with E-state index in [1.165, 1.54) is 0 Å². The number of rotatable bonds is 2. The molecule has 0 radical (unpaired) electrons. The van der Waals surface area contributed by atoms with Gasteiger partial charge in [0.2, 0.25) is 5.91 Å². The number of aryl methyl sites for hydroxylation is 1. The van der Waals surface area contributed by atoms with Crippen molar-refractivity contribution in [3.63, 3.8) is 0 Å². The number of amides is 1. The Labute approximate surface area is 116 Å². The van der Waals surface area contributed by atoms with Crippen molar-refractivity contribution in [1.82, 2.24) is 0 Å². The standard InChI is InChI=1S/C14H19BrN2O/c1-9-3-2-4-12(13(9)15)17-14(18)10-5-7-11(16)8-6-10/h2-4,10-11H,5-8,16H2,1H3,(H,17,18). The number of anilines is 1. The van der Waals surface area contributed by atoms with Crippen molar-refractivity contribution in [2.24, 2.45) is 11.7 Å². The van der Waals surface area contributed by atoms with Gasteiger partial charge in [0.15, 0.2) is 0 Å². The van der Waals surface area contributed by atoms with Gasteiger partial charge in [-0.2, -0.15) is 0 Å². The van der Waals surface area contributed by atoms with Gasteiger partial charge in [0.25, 0.3) is 0 Å². The second kappa shape index (κ2) is 5.85. The van der Waals surface area contributed by atoms with Crippen molar-refractivity contribution in [2.45, 2.75) is 38.6 Å². The van der Waals surface area contributed by atoms with Crippen LogP contribution in [0.25, 0.3) is 0 Å². The van der Waals surface area contributed by atoms with E-state index >= 15 is 0 Å². The van der Waals surface area contributed by atoms with Crippen molar-refractivity contribution in [3.8, 4) is 0 Å². The highest BCUT2D eigenvalue weighted by molar-refractivity contribution is 9.10. The summed E-state index contributed by atoms with van der Waals surface area (Å²) in [7, 11) is 0. The van der Waals surface area contributed by atoms with E-state index in [1.54, 1.807) is 0 Å². The molecule has 0 saturated heterocycles. The van der Waals surface area contributed by atoms with Crippen LogP contribution in [0.2, 0.25) is 0 Å². The summed E-state index contributed by atoms with van der Waals surface area (Å²) in [5.74, 6) is 0.227. The largest absolute Gasteiger partial charge is 0.328 e. The summed E-state index contributed by atoms with van der Waals surface area (Å²) in [4.78, 5) is 12.2. The van der Waals surface area contributed by atoms with Crippen molar-refractivity contribution in [2.75, 3.05) is 5.32 Å². The van der Waals surface area contributed by atoms with E-state index < -0.39 is 0 Å². The number of carbonyl (C=O) groups excluding carboxylic acids is 1. The quantitative estimate of drug-likeness (QED) is 0.881. The van der Waals surface area contributed by atoms with Crippen molar-refractivity contribution in [1.29, 1.82) is 0 Å². The van der Waals surface area contributed by atoms with Gasteiger partial charge in [-0.25, -0.2) is 0 Å². The van der Waals surface area contributed by atoms with Crippen LogP contribution in [0.15, 0.2) is 22.7 Å². The third-order valence-electron chi connectivity index (χ3n) is 3.59. The zero-order chi connectivity index (χ0) is 13.1. The first-order chi connectivity index (χ1) is 8.58. The van der Waals surface area contributed by atoms with Crippen molar-refractivity contribution in [3.05, 3.63) is 28.2 Å². The van der Waals surface area contributed by atoms with Gasteiger partial charge in [-0.05, 0) is 60.2 Å². The Bertz CT molecular complexity index is 439. The van der Waals surface area contributed by atoms with Crippen LogP contribution >= 0.6 is 15.9 Å². The third kappa shape index (κ3) is 3.12. The first-order valence-electron chi connectivity index (χ1n) is 6.39. The van der Waals surface area contributed by atoms with Gasteiger partial charge < -0.3 is 11.1 Å². The molecule has 1 aliphatic carbocycles. The van der Waals surface area contributed by atoms with Crippen LogP contribution in [0.3, 0.4) is 0 Å². The minimum atomic E-state index is 0.109. The molecule has 0 unspecified atom stereocenters. The van der Waals surface area contributed by atoms with E-state index in [9.17, 15) is 4.79 Å². The predicted molar refractivity (Wildman–Crippen MR) is 77.4 cm³/mol. The summed E-state index contributed by atoms with van der Waals surface area (Å²) in [6.45, 7) is 2.01. The summed E-state index contributed by atoms with van der Waals surface area (Å²) in [5.41, 5.74) is 7.83. The average molecular weight is 311 g/mol. The highest BCUT2D eigenvalue weighted by Crippen LogP contribution is 2.28. The number of hydrogen-bond acceptors (Lipinski definition) is 2. The Morgan fingerprint density at radius 3 is 2.67 bits per heavy atom. The molecule has 0 aromatic heterocycles. The molecular formula is C14H19BrN2O. The fraction of sp³-hybridized carbons (Fsp3) is 0.500. The van der Waals surface area contributed by atoms with E-state index in [2.05, 4.69) is 21.2 Å². The lowest BCUT2D eigenvalue weighted by molar-refractivity contribution is -0.120. The topological polar surface area (TPSA) is 55.1 Å². The van der Waals surface area contributed by atoms with Crippen LogP contribution in [0.5, 0.6) is 0 Å². The summed E-state index contributed by atoms with van der Waals surface area (Å²) in [5, 5.41) is 3.01. The van der Waals surface area contributed by atoms with Gasteiger partial charge in [0.1, 0.15) is 0 Å². The first kappa shape index (κ1) is 13.6. The number of benzene rings is 1. The van der Waals surface area contributed by atoms with Crippen LogP contribution < -0.4 is 11.1 Å². The lowest BCUT2D eigenvalue weighted by Gasteiger charge is -2.25. The Kier molecular flexibility index (Phi) is 4.40. The maximum atomic E-state index is 12.2. The second-order valence-electron chi connectivity index (χ2n) is 5.04. The minimum Gasteiger partial charge on any atom is -0.328 e. The Morgan fingerprint density at radius 2 is 2.00 bits per heavy atom. The van der Waals surface area contributed by atoms with Crippen LogP contribution in [0, 0.1) is 12.8 Å². The van der Waals surface area contributed by atoms with Crippen LogP contribution in [0.4, 0.5) is 5.69 Å². The lowest BCUT2D eigenvalue weighted by Crippen LogP contribution is -2.32. The zero-order valence-electron chi connectivity index (χ0n) is 10.6. The smallest absolute Gasteiger partial charge is 0.227 e. The summed E-state index contributed by atoms with van der Waals surface area (Å²) in [6.07, 6.45) is 3.70. The molecule has 4 heteroatoms. The SMILES string of the molecule is Cc1cccc(NC(=O)C2CCC(N)CC2)c1Br. The molecule has 0 bridgehead atoms. The lowest BCUT2D eigenvalue weighted by atomic mass is 9.86. The van der Waals surface area contributed by atoms with Gasteiger partial charge in [-0.15, -0.1) is 0 Å². The fourth-order valence-electron chi connectivity index (χ4n) is 2.36. The molecule has 0 spiro atoms. The number of carbonyl (C=O) groups is 1. The number of hydrogen-bond donors (Lipinski definition) is 2. The Hall–Kier alpha value is -0.870. The minimum absolute atomic E-state index is 0.109. The highest BCUT2D eigenvalue weighted by atomic mass is 79.9. The molecule has 1 aromatic rings. The van der Waals surface area contributed by atoms with E-state index in [-0.39, 0.29) is 17.9 Å². The van der Waals surface area contributed by atoms with Crippen LogP contribution in [-0.2, 0) is 4.79 Å². The molecule has 3 nitrogen and oxygen atoms in total. The molecular weight excluding hydrogens is 292 g/mol. The maximum Gasteiger partial charge on any atom is 0.227 e. The number of halogens is 1. The first-order valence-corrected chi connectivity index (χ1v) is 7.19. The normalized spacial score (nSPS) is 23.7. The van der Waals surface area contributed by atoms with Gasteiger partial charge in [-0.3, -0.25) is 4.79 Å². The second-order valence-corrected chi connectivity index (χ2v) is 5.83. The molecule has 0 aliphatic heterocycles. The summed E-state index contributed by atoms with van der Waals surface area (Å²) in [6, 6.07) is 6.16.